The van der Waals surface area contributed by atoms with Gasteiger partial charge in [-0.3, -0.25) is 0 Å². The zero-order valence-corrected chi connectivity index (χ0v) is 11.6. The summed E-state index contributed by atoms with van der Waals surface area (Å²) in [5.41, 5.74) is 1.27. The number of hydrogen-bond acceptors (Lipinski definition) is 3. The summed E-state index contributed by atoms with van der Waals surface area (Å²) in [6, 6.07) is 13.4. The molecule has 0 amide bonds. The molecule has 1 aromatic heterocycles. The summed E-state index contributed by atoms with van der Waals surface area (Å²) in [6.45, 7) is -0.219. The minimum absolute atomic E-state index is 0.0243. The summed E-state index contributed by atoms with van der Waals surface area (Å²) in [4.78, 5) is 4.36. The molecule has 0 aliphatic heterocycles. The Morgan fingerprint density at radius 3 is 2.71 bits per heavy atom. The third kappa shape index (κ3) is 2.82. The zero-order valence-electron chi connectivity index (χ0n) is 10.9. The van der Waals surface area contributed by atoms with Gasteiger partial charge in [0.05, 0.1) is 17.1 Å². The van der Waals surface area contributed by atoms with Gasteiger partial charge in [-0.15, -0.1) is 0 Å². The second-order valence-electron chi connectivity index (χ2n) is 4.48. The fourth-order valence-corrected chi connectivity index (χ4v) is 2.11. The monoisotopic (exact) mass is 303 g/mol. The zero-order chi connectivity index (χ0) is 14.8. The van der Waals surface area contributed by atoms with Gasteiger partial charge in [0.15, 0.2) is 0 Å². The first-order valence-electron chi connectivity index (χ1n) is 6.30. The van der Waals surface area contributed by atoms with Gasteiger partial charge in [0, 0.05) is 17.0 Å². The van der Waals surface area contributed by atoms with E-state index < -0.39 is 5.82 Å². The lowest BCUT2D eigenvalue weighted by atomic mass is 10.1. The smallest absolute Gasteiger partial charge is 0.225 e. The minimum Gasteiger partial charge on any atom is -0.439 e. The molecular weight excluding hydrogens is 293 g/mol. The second-order valence-corrected chi connectivity index (χ2v) is 4.89. The van der Waals surface area contributed by atoms with Crippen LogP contribution in [0, 0.1) is 5.82 Å². The maximum Gasteiger partial charge on any atom is 0.225 e. The Hall–Kier alpha value is -2.17. The van der Waals surface area contributed by atoms with Gasteiger partial charge in [-0.1, -0.05) is 29.8 Å². The molecule has 3 aromatic rings. The van der Waals surface area contributed by atoms with E-state index in [2.05, 4.69) is 4.98 Å². The average molecular weight is 304 g/mol. The Bertz CT molecular complexity index is 807. The van der Waals surface area contributed by atoms with Gasteiger partial charge in [0.2, 0.25) is 5.88 Å². The number of aliphatic hydroxyl groups excluding tert-OH is 1. The van der Waals surface area contributed by atoms with Crippen molar-refractivity contribution in [3.8, 4) is 11.6 Å². The van der Waals surface area contributed by atoms with Crippen molar-refractivity contribution in [3.05, 3.63) is 64.9 Å². The number of hydrogen-bond donors (Lipinski definition) is 1. The third-order valence-corrected chi connectivity index (χ3v) is 3.35. The molecule has 3 nitrogen and oxygen atoms in total. The van der Waals surface area contributed by atoms with Crippen LogP contribution >= 0.6 is 11.6 Å². The lowest BCUT2D eigenvalue weighted by molar-refractivity contribution is 0.275. The highest BCUT2D eigenvalue weighted by molar-refractivity contribution is 6.30. The van der Waals surface area contributed by atoms with Crippen LogP contribution in [0.15, 0.2) is 48.5 Å². The van der Waals surface area contributed by atoms with Crippen LogP contribution in [0.3, 0.4) is 0 Å². The average Bonchev–Trinajstić information content (AvgIpc) is 2.50. The molecule has 0 saturated carbocycles. The Morgan fingerprint density at radius 2 is 1.95 bits per heavy atom. The quantitative estimate of drug-likeness (QED) is 0.784. The van der Waals surface area contributed by atoms with E-state index in [4.69, 9.17) is 16.3 Å². The molecular formula is C16H11ClFNO2. The van der Waals surface area contributed by atoms with E-state index in [0.29, 0.717) is 5.56 Å². The largest absolute Gasteiger partial charge is 0.439 e. The number of pyridine rings is 1. The van der Waals surface area contributed by atoms with E-state index in [1.165, 1.54) is 12.1 Å². The number of para-hydroxylation sites is 1. The van der Waals surface area contributed by atoms with Crippen molar-refractivity contribution < 1.29 is 14.2 Å². The van der Waals surface area contributed by atoms with Crippen molar-refractivity contribution in [3.63, 3.8) is 0 Å². The number of halogens is 2. The van der Waals surface area contributed by atoms with Crippen molar-refractivity contribution in [2.24, 2.45) is 0 Å². The second kappa shape index (κ2) is 5.68. The first-order chi connectivity index (χ1) is 10.2. The number of aliphatic hydroxyl groups is 1. The first kappa shape index (κ1) is 13.8. The molecule has 0 atom stereocenters. The van der Waals surface area contributed by atoms with Crippen LogP contribution in [-0.4, -0.2) is 10.1 Å². The van der Waals surface area contributed by atoms with Gasteiger partial charge in [0.25, 0.3) is 0 Å². The molecule has 0 radical (unpaired) electrons. The molecule has 0 fully saturated rings. The van der Waals surface area contributed by atoms with Crippen LogP contribution < -0.4 is 4.74 Å². The third-order valence-electron chi connectivity index (χ3n) is 3.04. The maximum absolute atomic E-state index is 13.4. The fourth-order valence-electron chi connectivity index (χ4n) is 2.00. The summed E-state index contributed by atoms with van der Waals surface area (Å²) in [5, 5.41) is 10.4. The Labute approximate surface area is 125 Å². The highest BCUT2D eigenvalue weighted by Crippen LogP contribution is 2.29. The van der Waals surface area contributed by atoms with E-state index in [9.17, 15) is 9.50 Å². The molecule has 3 rings (SSSR count). The van der Waals surface area contributed by atoms with E-state index in [1.807, 2.05) is 24.3 Å². The van der Waals surface area contributed by atoms with E-state index in [1.54, 1.807) is 12.1 Å². The van der Waals surface area contributed by atoms with Crippen LogP contribution in [0.5, 0.6) is 11.6 Å². The van der Waals surface area contributed by atoms with Gasteiger partial charge in [-0.25, -0.2) is 9.37 Å². The van der Waals surface area contributed by atoms with Gasteiger partial charge in [-0.05, 0) is 24.3 Å². The highest BCUT2D eigenvalue weighted by Gasteiger charge is 2.10. The van der Waals surface area contributed by atoms with Crippen LogP contribution in [0.2, 0.25) is 5.02 Å². The number of nitrogens with zero attached hydrogens (tertiary/aromatic N) is 1. The molecule has 21 heavy (non-hydrogen) atoms. The molecule has 5 heteroatoms. The Kier molecular flexibility index (Phi) is 3.73. The molecule has 0 unspecified atom stereocenters. The summed E-state index contributed by atoms with van der Waals surface area (Å²) >= 11 is 5.63. The molecule has 0 aliphatic carbocycles. The number of ether oxygens (including phenoxy) is 1. The van der Waals surface area contributed by atoms with Crippen molar-refractivity contribution in [2.45, 2.75) is 6.61 Å². The number of aromatic nitrogens is 1. The van der Waals surface area contributed by atoms with Crippen LogP contribution in [0.25, 0.3) is 10.9 Å². The maximum atomic E-state index is 13.4. The van der Waals surface area contributed by atoms with Gasteiger partial charge >= 0.3 is 0 Å². The summed E-state index contributed by atoms with van der Waals surface area (Å²) < 4.78 is 19.0. The molecule has 0 bridgehead atoms. The van der Waals surface area contributed by atoms with Crippen molar-refractivity contribution in [1.29, 1.82) is 0 Å². The topological polar surface area (TPSA) is 42.4 Å². The molecule has 2 aromatic carbocycles. The number of rotatable bonds is 3. The predicted octanol–water partition coefficient (Wildman–Crippen LogP) is 4.31. The lowest BCUT2D eigenvalue weighted by Crippen LogP contribution is -1.96. The standard InChI is InChI=1S/C16H11ClFNO2/c17-13-6-5-12(8-14(13)18)21-16-11(9-20)7-10-3-1-2-4-15(10)19-16/h1-8,20H,9H2. The fraction of sp³-hybridized carbons (Fsp3) is 0.0625. The van der Waals surface area contributed by atoms with E-state index in [-0.39, 0.29) is 23.3 Å². The normalized spacial score (nSPS) is 10.8. The Balaban J connectivity index is 2.04. The molecule has 106 valence electrons. The lowest BCUT2D eigenvalue weighted by Gasteiger charge is -2.10. The molecule has 0 spiro atoms. The van der Waals surface area contributed by atoms with Crippen molar-refractivity contribution in [1.82, 2.24) is 4.98 Å². The van der Waals surface area contributed by atoms with Gasteiger partial charge in [0.1, 0.15) is 11.6 Å². The Morgan fingerprint density at radius 1 is 1.14 bits per heavy atom. The highest BCUT2D eigenvalue weighted by atomic mass is 35.5. The van der Waals surface area contributed by atoms with Crippen molar-refractivity contribution >= 4 is 22.5 Å². The first-order valence-corrected chi connectivity index (χ1v) is 6.67. The molecule has 0 aliphatic rings. The van der Waals surface area contributed by atoms with E-state index >= 15 is 0 Å². The van der Waals surface area contributed by atoms with Gasteiger partial charge in [-0.2, -0.15) is 0 Å². The van der Waals surface area contributed by atoms with Gasteiger partial charge < -0.3 is 9.84 Å². The summed E-state index contributed by atoms with van der Waals surface area (Å²) in [5.74, 6) is -0.0483. The van der Waals surface area contributed by atoms with Crippen LogP contribution in [-0.2, 0) is 6.61 Å². The SMILES string of the molecule is OCc1cc2ccccc2nc1Oc1ccc(Cl)c(F)c1. The number of fused-ring (bicyclic) bond motifs is 1. The minimum atomic E-state index is -0.569. The van der Waals surface area contributed by atoms with E-state index in [0.717, 1.165) is 10.9 Å². The van der Waals surface area contributed by atoms with Crippen molar-refractivity contribution in [2.75, 3.05) is 0 Å². The molecule has 1 heterocycles. The molecule has 1 N–H and O–H groups in total. The summed E-state index contributed by atoms with van der Waals surface area (Å²) in [6.07, 6.45) is 0. The van der Waals surface area contributed by atoms with Crippen LogP contribution in [0.4, 0.5) is 4.39 Å². The molecule has 0 saturated heterocycles. The van der Waals surface area contributed by atoms with Crippen LogP contribution in [0.1, 0.15) is 5.56 Å². The number of benzene rings is 2. The summed E-state index contributed by atoms with van der Waals surface area (Å²) in [7, 11) is 0. The predicted molar refractivity (Wildman–Crippen MR) is 79.1 cm³/mol.